The SMILES string of the molecule is COc1ccc(S(=O)(=O)N2C=C(F)CNC2=O)cc1. The normalized spacial score (nSPS) is 15.8. The quantitative estimate of drug-likeness (QED) is 0.906. The molecule has 1 aliphatic heterocycles. The molecular weight excluding hydrogens is 275 g/mol. The first-order valence-corrected chi connectivity index (χ1v) is 6.71. The highest BCUT2D eigenvalue weighted by Crippen LogP contribution is 2.21. The van der Waals surface area contributed by atoms with Crippen LogP contribution in [0.5, 0.6) is 5.75 Å². The van der Waals surface area contributed by atoms with Crippen LogP contribution in [0.4, 0.5) is 9.18 Å². The molecule has 19 heavy (non-hydrogen) atoms. The molecule has 0 radical (unpaired) electrons. The van der Waals surface area contributed by atoms with E-state index in [1.807, 2.05) is 0 Å². The van der Waals surface area contributed by atoms with Gasteiger partial charge >= 0.3 is 6.03 Å². The molecule has 0 bridgehead atoms. The third-order valence-corrected chi connectivity index (χ3v) is 4.14. The molecule has 1 aromatic rings. The van der Waals surface area contributed by atoms with Crippen LogP contribution in [0.15, 0.2) is 41.2 Å². The zero-order valence-electron chi connectivity index (χ0n) is 9.96. The van der Waals surface area contributed by atoms with Crippen molar-refractivity contribution in [2.24, 2.45) is 0 Å². The van der Waals surface area contributed by atoms with Crippen molar-refractivity contribution >= 4 is 16.1 Å². The molecule has 0 saturated carbocycles. The first kappa shape index (κ1) is 13.3. The lowest BCUT2D eigenvalue weighted by atomic mass is 10.3. The number of benzene rings is 1. The Morgan fingerprint density at radius 2 is 1.95 bits per heavy atom. The summed E-state index contributed by atoms with van der Waals surface area (Å²) in [5, 5.41) is 2.12. The van der Waals surface area contributed by atoms with Gasteiger partial charge in [0.25, 0.3) is 10.0 Å². The molecule has 0 unspecified atom stereocenters. The summed E-state index contributed by atoms with van der Waals surface area (Å²) >= 11 is 0. The third kappa shape index (κ3) is 2.53. The molecular formula is C11H11FN2O4S. The van der Waals surface area contributed by atoms with Gasteiger partial charge < -0.3 is 10.1 Å². The number of ether oxygens (including phenoxy) is 1. The Kier molecular flexibility index (Phi) is 3.43. The largest absolute Gasteiger partial charge is 0.497 e. The summed E-state index contributed by atoms with van der Waals surface area (Å²) in [6.45, 7) is -0.312. The van der Waals surface area contributed by atoms with Crippen molar-refractivity contribution in [3.8, 4) is 5.75 Å². The maximum Gasteiger partial charge on any atom is 0.335 e. The standard InChI is InChI=1S/C11H11FN2O4S/c1-18-9-2-4-10(5-3-9)19(16,17)14-7-8(12)6-13-11(14)15/h2-5,7H,6H2,1H3,(H,13,15). The van der Waals surface area contributed by atoms with Crippen LogP contribution in [0.1, 0.15) is 0 Å². The van der Waals surface area contributed by atoms with Gasteiger partial charge in [0, 0.05) is 0 Å². The molecule has 0 spiro atoms. The topological polar surface area (TPSA) is 75.7 Å². The summed E-state index contributed by atoms with van der Waals surface area (Å²) in [5.74, 6) is -0.263. The van der Waals surface area contributed by atoms with Crippen molar-refractivity contribution < 1.29 is 22.3 Å². The summed E-state index contributed by atoms with van der Waals surface area (Å²) in [5.41, 5.74) is 0. The van der Waals surface area contributed by atoms with Crippen LogP contribution in [0.25, 0.3) is 0 Å². The molecule has 1 heterocycles. The lowest BCUT2D eigenvalue weighted by molar-refractivity contribution is 0.228. The fourth-order valence-corrected chi connectivity index (χ4v) is 2.75. The average molecular weight is 286 g/mol. The van der Waals surface area contributed by atoms with Crippen molar-refractivity contribution in [1.29, 1.82) is 0 Å². The van der Waals surface area contributed by atoms with Crippen LogP contribution in [0.2, 0.25) is 0 Å². The number of carbonyl (C=O) groups excluding carboxylic acids is 1. The second-order valence-electron chi connectivity index (χ2n) is 3.71. The second kappa shape index (κ2) is 4.88. The van der Waals surface area contributed by atoms with Crippen molar-refractivity contribution in [3.63, 3.8) is 0 Å². The van der Waals surface area contributed by atoms with Gasteiger partial charge in [-0.2, -0.15) is 4.31 Å². The maximum atomic E-state index is 13.1. The molecule has 0 aliphatic carbocycles. The zero-order chi connectivity index (χ0) is 14.0. The van der Waals surface area contributed by atoms with Gasteiger partial charge in [-0.3, -0.25) is 0 Å². The highest BCUT2D eigenvalue weighted by atomic mass is 32.2. The molecule has 102 valence electrons. The van der Waals surface area contributed by atoms with Crippen molar-refractivity contribution in [2.75, 3.05) is 13.7 Å². The summed E-state index contributed by atoms with van der Waals surface area (Å²) in [7, 11) is -2.68. The Hall–Kier alpha value is -2.09. The number of nitrogens with one attached hydrogen (secondary N) is 1. The number of nitrogens with zero attached hydrogens (tertiary/aromatic N) is 1. The van der Waals surface area contributed by atoms with E-state index < -0.39 is 21.9 Å². The van der Waals surface area contributed by atoms with E-state index in [0.717, 1.165) is 0 Å². The summed E-state index contributed by atoms with van der Waals surface area (Å²) in [6.07, 6.45) is 0.665. The van der Waals surface area contributed by atoms with Gasteiger partial charge in [0.15, 0.2) is 0 Å². The number of rotatable bonds is 3. The van der Waals surface area contributed by atoms with Gasteiger partial charge in [-0.1, -0.05) is 0 Å². The van der Waals surface area contributed by atoms with Gasteiger partial charge in [-0.25, -0.2) is 17.6 Å². The number of urea groups is 1. The van der Waals surface area contributed by atoms with Crippen LogP contribution in [-0.2, 0) is 10.0 Å². The van der Waals surface area contributed by atoms with Gasteiger partial charge in [-0.05, 0) is 24.3 Å². The summed E-state index contributed by atoms with van der Waals surface area (Å²) in [4.78, 5) is 11.4. The van der Waals surface area contributed by atoms with Gasteiger partial charge in [0.1, 0.15) is 11.6 Å². The Morgan fingerprint density at radius 3 is 2.53 bits per heavy atom. The van der Waals surface area contributed by atoms with E-state index in [-0.39, 0.29) is 11.4 Å². The van der Waals surface area contributed by atoms with E-state index in [4.69, 9.17) is 4.74 Å². The number of amides is 2. The number of carbonyl (C=O) groups is 1. The van der Waals surface area contributed by atoms with Crippen LogP contribution in [0, 0.1) is 0 Å². The fourth-order valence-electron chi connectivity index (χ4n) is 1.51. The van der Waals surface area contributed by atoms with E-state index in [0.29, 0.717) is 16.3 Å². The van der Waals surface area contributed by atoms with E-state index in [1.54, 1.807) is 0 Å². The lowest BCUT2D eigenvalue weighted by Crippen LogP contribution is -2.44. The molecule has 1 N–H and O–H groups in total. The Balaban J connectivity index is 2.41. The Labute approximate surface area is 109 Å². The summed E-state index contributed by atoms with van der Waals surface area (Å²) in [6, 6.07) is 4.55. The van der Waals surface area contributed by atoms with Gasteiger partial charge in [-0.15, -0.1) is 0 Å². The smallest absolute Gasteiger partial charge is 0.335 e. The number of methoxy groups -OCH3 is 1. The van der Waals surface area contributed by atoms with Gasteiger partial charge in [0.2, 0.25) is 0 Å². The van der Waals surface area contributed by atoms with Crippen LogP contribution in [-0.4, -0.2) is 32.4 Å². The highest BCUT2D eigenvalue weighted by molar-refractivity contribution is 7.89. The van der Waals surface area contributed by atoms with Crippen molar-refractivity contribution in [2.45, 2.75) is 4.90 Å². The molecule has 0 atom stereocenters. The molecule has 0 aromatic heterocycles. The molecule has 0 saturated heterocycles. The van der Waals surface area contributed by atoms with Crippen molar-refractivity contribution in [1.82, 2.24) is 9.62 Å². The number of hydrogen-bond donors (Lipinski definition) is 1. The first-order chi connectivity index (χ1) is 8.95. The molecule has 2 rings (SSSR count). The Morgan fingerprint density at radius 1 is 1.32 bits per heavy atom. The molecule has 1 aromatic carbocycles. The minimum Gasteiger partial charge on any atom is -0.497 e. The molecule has 1 aliphatic rings. The maximum absolute atomic E-state index is 13.1. The fraction of sp³-hybridized carbons (Fsp3) is 0.182. The second-order valence-corrected chi connectivity index (χ2v) is 5.53. The van der Waals surface area contributed by atoms with Crippen LogP contribution in [0.3, 0.4) is 0 Å². The minimum absolute atomic E-state index is 0.130. The van der Waals surface area contributed by atoms with E-state index in [2.05, 4.69) is 5.32 Å². The predicted molar refractivity (Wildman–Crippen MR) is 64.6 cm³/mol. The third-order valence-electron chi connectivity index (χ3n) is 2.48. The summed E-state index contributed by atoms with van der Waals surface area (Å²) < 4.78 is 42.7. The average Bonchev–Trinajstić information content (AvgIpc) is 2.41. The first-order valence-electron chi connectivity index (χ1n) is 5.27. The number of hydrogen-bond acceptors (Lipinski definition) is 4. The van der Waals surface area contributed by atoms with E-state index in [1.165, 1.54) is 31.4 Å². The lowest BCUT2D eigenvalue weighted by Gasteiger charge is -2.22. The number of halogens is 1. The molecule has 8 heteroatoms. The zero-order valence-corrected chi connectivity index (χ0v) is 10.8. The molecule has 2 amide bonds. The van der Waals surface area contributed by atoms with Gasteiger partial charge in [0.05, 0.1) is 24.7 Å². The monoisotopic (exact) mass is 286 g/mol. The van der Waals surface area contributed by atoms with Crippen LogP contribution >= 0.6 is 0 Å². The predicted octanol–water partition coefficient (Wildman–Crippen LogP) is 1.22. The molecule has 0 fully saturated rings. The van der Waals surface area contributed by atoms with Crippen LogP contribution < -0.4 is 10.1 Å². The number of sulfonamides is 1. The van der Waals surface area contributed by atoms with E-state index >= 15 is 0 Å². The highest BCUT2D eigenvalue weighted by Gasteiger charge is 2.31. The molecule has 6 nitrogen and oxygen atoms in total. The minimum atomic E-state index is -4.12. The van der Waals surface area contributed by atoms with E-state index in [9.17, 15) is 17.6 Å². The van der Waals surface area contributed by atoms with Crippen molar-refractivity contribution in [3.05, 3.63) is 36.3 Å². The Bertz CT molecular complexity index is 625.